The van der Waals surface area contributed by atoms with Crippen molar-refractivity contribution < 1.29 is 14.7 Å². The summed E-state index contributed by atoms with van der Waals surface area (Å²) in [6.45, 7) is -0.271. The molecule has 0 saturated carbocycles. The van der Waals surface area contributed by atoms with E-state index in [-0.39, 0.29) is 17.8 Å². The molecule has 0 radical (unpaired) electrons. The van der Waals surface area contributed by atoms with E-state index in [1.165, 1.54) is 4.57 Å². The number of nitrogens with zero attached hydrogens (tertiary/aromatic N) is 2. The molecule has 2 heterocycles. The molecule has 0 aliphatic heterocycles. The lowest BCUT2D eigenvalue weighted by molar-refractivity contribution is 0.0685. The van der Waals surface area contributed by atoms with Crippen LogP contribution in [0.15, 0.2) is 89.9 Å². The number of rotatable bonds is 6. The fraction of sp³-hybridized carbons (Fsp3) is 0.0370. The molecule has 0 bridgehead atoms. The van der Waals surface area contributed by atoms with Crippen LogP contribution in [0.2, 0.25) is 5.02 Å². The fourth-order valence-corrected chi connectivity index (χ4v) is 4.30. The summed E-state index contributed by atoms with van der Waals surface area (Å²) in [5.41, 5.74) is 2.18. The first-order chi connectivity index (χ1) is 17.4. The van der Waals surface area contributed by atoms with E-state index in [9.17, 15) is 19.5 Å². The number of hydrogen-bond acceptors (Lipinski definition) is 4. The lowest BCUT2D eigenvalue weighted by Gasteiger charge is -2.19. The van der Waals surface area contributed by atoms with Crippen molar-refractivity contribution in [3.8, 4) is 16.9 Å². The van der Waals surface area contributed by atoms with Crippen LogP contribution in [0.1, 0.15) is 26.4 Å². The Morgan fingerprint density at radius 1 is 1.00 bits per heavy atom. The molecule has 3 N–H and O–H groups in total. The van der Waals surface area contributed by atoms with Gasteiger partial charge in [-0.3, -0.25) is 14.7 Å². The number of H-pyrrole nitrogens is 1. The Balaban J connectivity index is 1.55. The van der Waals surface area contributed by atoms with Gasteiger partial charge in [-0.25, -0.2) is 4.79 Å². The van der Waals surface area contributed by atoms with Crippen LogP contribution in [0.25, 0.3) is 27.8 Å². The minimum atomic E-state index is -1.30. The number of aromatic amines is 1. The van der Waals surface area contributed by atoms with E-state index in [0.717, 1.165) is 11.3 Å². The van der Waals surface area contributed by atoms with Gasteiger partial charge in [0.15, 0.2) is 5.43 Å². The highest BCUT2D eigenvalue weighted by atomic mass is 35.5. The summed E-state index contributed by atoms with van der Waals surface area (Å²) in [6, 6.07) is 22.2. The summed E-state index contributed by atoms with van der Waals surface area (Å²) >= 11 is 6.19. The second-order valence-electron chi connectivity index (χ2n) is 8.02. The number of carboxylic acids is 1. The van der Waals surface area contributed by atoms with Gasteiger partial charge in [0.05, 0.1) is 16.8 Å². The van der Waals surface area contributed by atoms with Gasteiger partial charge < -0.3 is 15.0 Å². The third kappa shape index (κ3) is 4.25. The highest BCUT2D eigenvalue weighted by Crippen LogP contribution is 2.25. The number of fused-ring (bicyclic) bond motifs is 1. The average molecular weight is 499 g/mol. The zero-order chi connectivity index (χ0) is 25.2. The molecule has 8 nitrogen and oxygen atoms in total. The number of carbonyl (C=O) groups excluding carboxylic acids is 1. The maximum Gasteiger partial charge on any atom is 0.353 e. The molecular weight excluding hydrogens is 480 g/mol. The Bertz CT molecular complexity index is 1640. The van der Waals surface area contributed by atoms with Crippen molar-refractivity contribution in [1.82, 2.24) is 20.1 Å². The molecule has 36 heavy (non-hydrogen) atoms. The third-order valence-corrected chi connectivity index (χ3v) is 6.07. The largest absolute Gasteiger partial charge is 0.477 e. The van der Waals surface area contributed by atoms with Gasteiger partial charge >= 0.3 is 5.97 Å². The minimum Gasteiger partial charge on any atom is -0.477 e. The number of carboxylic acid groups (broad SMARTS) is 1. The minimum absolute atomic E-state index is 0.0383. The first kappa shape index (κ1) is 23.1. The summed E-state index contributed by atoms with van der Waals surface area (Å²) < 4.78 is 1.48. The van der Waals surface area contributed by atoms with Crippen molar-refractivity contribution in [2.75, 3.05) is 0 Å². The maximum absolute atomic E-state index is 13.4. The molecular formula is C27H19ClN4O4. The highest BCUT2D eigenvalue weighted by Gasteiger charge is 2.24. The second kappa shape index (κ2) is 9.52. The molecule has 178 valence electrons. The van der Waals surface area contributed by atoms with E-state index in [2.05, 4.69) is 15.5 Å². The molecule has 0 fully saturated rings. The van der Waals surface area contributed by atoms with E-state index < -0.39 is 17.3 Å². The first-order valence-corrected chi connectivity index (χ1v) is 11.4. The molecule has 0 atom stereocenters. The number of para-hydroxylation sites is 1. The Hall–Kier alpha value is -4.69. The zero-order valence-corrected chi connectivity index (χ0v) is 19.5. The van der Waals surface area contributed by atoms with Crippen LogP contribution >= 0.6 is 11.6 Å². The van der Waals surface area contributed by atoms with E-state index >= 15 is 0 Å². The number of nitrogens with one attached hydrogen (secondary N) is 2. The third-order valence-electron chi connectivity index (χ3n) is 5.83. The molecule has 0 unspecified atom stereocenters. The predicted octanol–water partition coefficient (Wildman–Crippen LogP) is 4.66. The molecule has 0 aliphatic carbocycles. The monoisotopic (exact) mass is 498 g/mol. The van der Waals surface area contributed by atoms with Crippen molar-refractivity contribution in [2.24, 2.45) is 0 Å². The zero-order valence-electron chi connectivity index (χ0n) is 18.7. The Labute approximate surface area is 209 Å². The topological polar surface area (TPSA) is 117 Å². The highest BCUT2D eigenvalue weighted by molar-refractivity contribution is 6.31. The Kier molecular flexibility index (Phi) is 6.10. The molecule has 0 saturated heterocycles. The quantitative estimate of drug-likeness (QED) is 0.315. The summed E-state index contributed by atoms with van der Waals surface area (Å²) in [5, 5.41) is 20.3. The SMILES string of the molecule is O=C(NCc1c(C(=O)O)n(-c2ccccc2)c2cc(Cl)ccc2c1=O)c1ccc(-c2ccn[nH]2)cc1. The van der Waals surface area contributed by atoms with Crippen molar-refractivity contribution in [1.29, 1.82) is 0 Å². The number of hydrogen-bond donors (Lipinski definition) is 3. The van der Waals surface area contributed by atoms with Gasteiger partial charge in [0.25, 0.3) is 5.91 Å². The van der Waals surface area contributed by atoms with E-state index in [0.29, 0.717) is 27.2 Å². The van der Waals surface area contributed by atoms with E-state index in [1.54, 1.807) is 79.0 Å². The van der Waals surface area contributed by atoms with Crippen LogP contribution < -0.4 is 10.7 Å². The van der Waals surface area contributed by atoms with Gasteiger partial charge in [-0.1, -0.05) is 41.9 Å². The normalized spacial score (nSPS) is 10.9. The molecule has 0 aliphatic rings. The van der Waals surface area contributed by atoms with Crippen LogP contribution in [0.3, 0.4) is 0 Å². The number of aromatic carboxylic acids is 1. The van der Waals surface area contributed by atoms with Crippen molar-refractivity contribution in [3.05, 3.63) is 117 Å². The van der Waals surface area contributed by atoms with Gasteiger partial charge in [-0.15, -0.1) is 0 Å². The van der Waals surface area contributed by atoms with Crippen LogP contribution in [0.5, 0.6) is 0 Å². The van der Waals surface area contributed by atoms with Crippen LogP contribution in [0, 0.1) is 0 Å². The number of pyridine rings is 1. The Morgan fingerprint density at radius 3 is 2.42 bits per heavy atom. The Morgan fingerprint density at radius 2 is 1.75 bits per heavy atom. The summed E-state index contributed by atoms with van der Waals surface area (Å²) in [6.07, 6.45) is 1.63. The van der Waals surface area contributed by atoms with Crippen molar-refractivity contribution in [2.45, 2.75) is 6.54 Å². The smallest absolute Gasteiger partial charge is 0.353 e. The molecule has 5 aromatic rings. The average Bonchev–Trinajstić information content (AvgIpc) is 3.43. The van der Waals surface area contributed by atoms with Gasteiger partial charge in [-0.05, 0) is 54.1 Å². The number of amides is 1. The van der Waals surface area contributed by atoms with Crippen molar-refractivity contribution in [3.63, 3.8) is 0 Å². The van der Waals surface area contributed by atoms with Crippen LogP contribution in [-0.2, 0) is 6.54 Å². The van der Waals surface area contributed by atoms with Gasteiger partial charge in [-0.2, -0.15) is 5.10 Å². The molecule has 3 aromatic carbocycles. The van der Waals surface area contributed by atoms with E-state index in [4.69, 9.17) is 11.6 Å². The lowest BCUT2D eigenvalue weighted by Crippen LogP contribution is -2.30. The standard InChI is InChI=1S/C27H19ClN4O4/c28-18-10-11-20-23(14-18)32(19-4-2-1-3-5-19)24(27(35)36)21(25(20)33)15-29-26(34)17-8-6-16(7-9-17)22-12-13-30-31-22/h1-14H,15H2,(H,29,34)(H,30,31)(H,35,36). The van der Waals surface area contributed by atoms with E-state index in [1.807, 2.05) is 6.07 Å². The number of carbonyl (C=O) groups is 2. The summed E-state index contributed by atoms with van der Waals surface area (Å²) in [5.74, 6) is -1.74. The molecule has 2 aromatic heterocycles. The molecule has 0 spiro atoms. The predicted molar refractivity (Wildman–Crippen MR) is 137 cm³/mol. The fourth-order valence-electron chi connectivity index (χ4n) is 4.13. The maximum atomic E-state index is 13.4. The van der Waals surface area contributed by atoms with Gasteiger partial charge in [0, 0.05) is 34.4 Å². The molecule has 1 amide bonds. The number of benzene rings is 3. The molecule has 9 heteroatoms. The van der Waals surface area contributed by atoms with Gasteiger partial charge in [0.2, 0.25) is 0 Å². The van der Waals surface area contributed by atoms with Crippen molar-refractivity contribution >= 4 is 34.4 Å². The molecule has 5 rings (SSSR count). The van der Waals surface area contributed by atoms with Crippen LogP contribution in [-0.4, -0.2) is 31.7 Å². The second-order valence-corrected chi connectivity index (χ2v) is 8.46. The van der Waals surface area contributed by atoms with Gasteiger partial charge in [0.1, 0.15) is 5.69 Å². The summed E-state index contributed by atoms with van der Waals surface area (Å²) in [4.78, 5) is 38.7. The lowest BCUT2D eigenvalue weighted by atomic mass is 10.1. The number of halogens is 1. The first-order valence-electron chi connectivity index (χ1n) is 11.0. The summed E-state index contributed by atoms with van der Waals surface area (Å²) in [7, 11) is 0. The van der Waals surface area contributed by atoms with Crippen LogP contribution in [0.4, 0.5) is 0 Å². The number of aromatic nitrogens is 3.